The highest BCUT2D eigenvalue weighted by Gasteiger charge is 2.30. The maximum absolute atomic E-state index is 12.4. The highest BCUT2D eigenvalue weighted by molar-refractivity contribution is 5.69. The molecule has 0 aliphatic heterocycles. The van der Waals surface area contributed by atoms with Crippen LogP contribution < -0.4 is 5.32 Å². The largest absolute Gasteiger partial charge is 0.444 e. The van der Waals surface area contributed by atoms with Crippen LogP contribution in [0.25, 0.3) is 0 Å². The van der Waals surface area contributed by atoms with E-state index in [0.717, 1.165) is 19.5 Å². The average Bonchev–Trinajstić information content (AvgIpc) is 2.40. The fourth-order valence-electron chi connectivity index (χ4n) is 2.21. The Morgan fingerprint density at radius 1 is 1.04 bits per heavy atom. The Hall–Kier alpha value is -1.55. The topological polar surface area (TPSA) is 41.6 Å². The van der Waals surface area contributed by atoms with Gasteiger partial charge in [-0.2, -0.15) is 0 Å². The molecule has 0 bridgehead atoms. The van der Waals surface area contributed by atoms with Crippen LogP contribution in [0.15, 0.2) is 30.3 Å². The number of rotatable bonds is 6. The highest BCUT2D eigenvalue weighted by Crippen LogP contribution is 2.17. The number of hydrogen-bond acceptors (Lipinski definition) is 3. The van der Waals surface area contributed by atoms with Crippen molar-refractivity contribution in [3.05, 3.63) is 35.9 Å². The Kier molecular flexibility index (Phi) is 7.07. The molecule has 1 aromatic carbocycles. The fraction of sp³-hybridized carbons (Fsp3) is 0.632. The molecule has 0 heterocycles. The average molecular weight is 320 g/mol. The van der Waals surface area contributed by atoms with Crippen LogP contribution in [0.1, 0.15) is 47.1 Å². The molecule has 0 aromatic heterocycles. The van der Waals surface area contributed by atoms with Crippen LogP contribution in [0, 0.1) is 0 Å². The molecule has 0 aliphatic rings. The van der Waals surface area contributed by atoms with E-state index < -0.39 is 5.60 Å². The highest BCUT2D eigenvalue weighted by atomic mass is 16.6. The Balaban J connectivity index is 2.41. The summed E-state index contributed by atoms with van der Waals surface area (Å²) in [5.41, 5.74) is 0.588. The van der Waals surface area contributed by atoms with Gasteiger partial charge in [-0.1, -0.05) is 30.3 Å². The molecule has 0 aliphatic carbocycles. The Morgan fingerprint density at radius 3 is 2.17 bits per heavy atom. The molecule has 0 unspecified atom stereocenters. The second kappa shape index (κ2) is 8.34. The number of benzene rings is 1. The van der Waals surface area contributed by atoms with Crippen molar-refractivity contribution in [3.8, 4) is 0 Å². The standard InChI is InChI=1S/C19H32N2O2/c1-18(2,3)21(17(22)23-19(4,5)6)15-14-20-13-12-16-10-8-7-9-11-16/h7-11,20H,12-15H2,1-6H3. The Labute approximate surface area is 141 Å². The lowest BCUT2D eigenvalue weighted by Crippen LogP contribution is -2.50. The number of amides is 1. The molecule has 1 rings (SSSR count). The number of ether oxygens (including phenoxy) is 1. The summed E-state index contributed by atoms with van der Waals surface area (Å²) in [5.74, 6) is 0. The molecule has 23 heavy (non-hydrogen) atoms. The van der Waals surface area contributed by atoms with Crippen molar-refractivity contribution in [2.24, 2.45) is 0 Å². The molecule has 0 spiro atoms. The zero-order valence-electron chi connectivity index (χ0n) is 15.5. The Morgan fingerprint density at radius 2 is 1.65 bits per heavy atom. The molecule has 130 valence electrons. The van der Waals surface area contributed by atoms with Gasteiger partial charge in [-0.3, -0.25) is 0 Å². The van der Waals surface area contributed by atoms with Gasteiger partial charge in [-0.25, -0.2) is 4.79 Å². The lowest BCUT2D eigenvalue weighted by Gasteiger charge is -2.36. The van der Waals surface area contributed by atoms with E-state index >= 15 is 0 Å². The van der Waals surface area contributed by atoms with Crippen LogP contribution in [-0.4, -0.2) is 41.8 Å². The van der Waals surface area contributed by atoms with Gasteiger partial charge in [0.15, 0.2) is 0 Å². The molecule has 1 amide bonds. The third kappa shape index (κ3) is 8.03. The van der Waals surface area contributed by atoms with Gasteiger partial charge in [-0.15, -0.1) is 0 Å². The SMILES string of the molecule is CC(C)(C)OC(=O)N(CCNCCc1ccccc1)C(C)(C)C. The van der Waals surface area contributed by atoms with Crippen molar-refractivity contribution < 1.29 is 9.53 Å². The smallest absolute Gasteiger partial charge is 0.410 e. The number of nitrogens with zero attached hydrogens (tertiary/aromatic N) is 1. The van der Waals surface area contributed by atoms with E-state index in [9.17, 15) is 4.79 Å². The van der Waals surface area contributed by atoms with Gasteiger partial charge in [0.25, 0.3) is 0 Å². The maximum Gasteiger partial charge on any atom is 0.410 e. The third-order valence-electron chi connectivity index (χ3n) is 3.37. The van der Waals surface area contributed by atoms with E-state index in [1.54, 1.807) is 4.90 Å². The molecule has 4 heteroatoms. The predicted molar refractivity (Wildman–Crippen MR) is 95.7 cm³/mol. The number of carbonyl (C=O) groups is 1. The summed E-state index contributed by atoms with van der Waals surface area (Å²) < 4.78 is 5.51. The molecule has 0 fully saturated rings. The predicted octanol–water partition coefficient (Wildman–Crippen LogP) is 3.85. The first-order chi connectivity index (χ1) is 10.6. The first kappa shape index (κ1) is 19.5. The summed E-state index contributed by atoms with van der Waals surface area (Å²) in [7, 11) is 0. The molecule has 0 saturated carbocycles. The normalized spacial score (nSPS) is 12.1. The number of nitrogens with one attached hydrogen (secondary N) is 1. The zero-order chi connectivity index (χ0) is 17.5. The van der Waals surface area contributed by atoms with Crippen molar-refractivity contribution in [3.63, 3.8) is 0 Å². The lowest BCUT2D eigenvalue weighted by molar-refractivity contribution is 0.00666. The minimum atomic E-state index is -0.471. The first-order valence-electron chi connectivity index (χ1n) is 8.35. The van der Waals surface area contributed by atoms with Gasteiger partial charge in [0.2, 0.25) is 0 Å². The van der Waals surface area contributed by atoms with E-state index in [0.29, 0.717) is 6.54 Å². The van der Waals surface area contributed by atoms with Gasteiger partial charge in [0, 0.05) is 18.6 Å². The fourth-order valence-corrected chi connectivity index (χ4v) is 2.21. The number of carbonyl (C=O) groups excluding carboxylic acids is 1. The first-order valence-corrected chi connectivity index (χ1v) is 8.35. The van der Waals surface area contributed by atoms with Crippen LogP contribution in [0.4, 0.5) is 4.79 Å². The van der Waals surface area contributed by atoms with Gasteiger partial charge < -0.3 is 15.0 Å². The zero-order valence-corrected chi connectivity index (χ0v) is 15.5. The van der Waals surface area contributed by atoms with E-state index in [4.69, 9.17) is 4.74 Å². The molecule has 1 aromatic rings. The second-order valence-electron chi connectivity index (χ2n) is 7.79. The molecule has 4 nitrogen and oxygen atoms in total. The van der Waals surface area contributed by atoms with E-state index in [1.165, 1.54) is 5.56 Å². The Bertz CT molecular complexity index is 472. The van der Waals surface area contributed by atoms with E-state index in [-0.39, 0.29) is 11.6 Å². The van der Waals surface area contributed by atoms with Gasteiger partial charge >= 0.3 is 6.09 Å². The lowest BCUT2D eigenvalue weighted by atomic mass is 10.1. The van der Waals surface area contributed by atoms with Crippen molar-refractivity contribution >= 4 is 6.09 Å². The summed E-state index contributed by atoms with van der Waals surface area (Å²) >= 11 is 0. The molecular weight excluding hydrogens is 288 g/mol. The summed E-state index contributed by atoms with van der Waals surface area (Å²) in [6.07, 6.45) is 0.734. The maximum atomic E-state index is 12.4. The second-order valence-corrected chi connectivity index (χ2v) is 7.79. The van der Waals surface area contributed by atoms with Crippen LogP contribution >= 0.6 is 0 Å². The van der Waals surface area contributed by atoms with Crippen molar-refractivity contribution in [1.82, 2.24) is 10.2 Å². The van der Waals surface area contributed by atoms with Crippen LogP contribution in [-0.2, 0) is 11.2 Å². The van der Waals surface area contributed by atoms with E-state index in [2.05, 4.69) is 29.6 Å². The summed E-state index contributed by atoms with van der Waals surface area (Å²) in [6, 6.07) is 10.4. The monoisotopic (exact) mass is 320 g/mol. The van der Waals surface area contributed by atoms with Crippen molar-refractivity contribution in [1.29, 1.82) is 0 Å². The van der Waals surface area contributed by atoms with Crippen molar-refractivity contribution in [2.75, 3.05) is 19.6 Å². The molecule has 0 radical (unpaired) electrons. The van der Waals surface area contributed by atoms with Gasteiger partial charge in [0.1, 0.15) is 5.60 Å². The summed E-state index contributed by atoms with van der Waals surface area (Å²) in [4.78, 5) is 14.2. The van der Waals surface area contributed by atoms with Crippen LogP contribution in [0.2, 0.25) is 0 Å². The van der Waals surface area contributed by atoms with Gasteiger partial charge in [-0.05, 0) is 60.1 Å². The number of hydrogen-bond donors (Lipinski definition) is 1. The van der Waals surface area contributed by atoms with Crippen LogP contribution in [0.5, 0.6) is 0 Å². The summed E-state index contributed by atoms with van der Waals surface area (Å²) in [6.45, 7) is 14.0. The molecule has 1 N–H and O–H groups in total. The third-order valence-corrected chi connectivity index (χ3v) is 3.37. The van der Waals surface area contributed by atoms with Crippen molar-refractivity contribution in [2.45, 2.75) is 59.1 Å². The molecule has 0 saturated heterocycles. The summed E-state index contributed by atoms with van der Waals surface area (Å²) in [5, 5.41) is 3.40. The minimum absolute atomic E-state index is 0.255. The molecule has 0 atom stereocenters. The minimum Gasteiger partial charge on any atom is -0.444 e. The quantitative estimate of drug-likeness (QED) is 0.809. The van der Waals surface area contributed by atoms with Gasteiger partial charge in [0.05, 0.1) is 0 Å². The molecular formula is C19H32N2O2. The van der Waals surface area contributed by atoms with E-state index in [1.807, 2.05) is 47.6 Å². The van der Waals surface area contributed by atoms with Crippen LogP contribution in [0.3, 0.4) is 0 Å².